The minimum Gasteiger partial charge on any atom is -0.358 e. The Morgan fingerprint density at radius 3 is 2.52 bits per heavy atom. The number of benzene rings is 1. The summed E-state index contributed by atoms with van der Waals surface area (Å²) < 4.78 is 0. The molecule has 0 saturated carbocycles. The van der Waals surface area contributed by atoms with Crippen molar-refractivity contribution >= 4 is 33.8 Å². The predicted octanol–water partition coefficient (Wildman–Crippen LogP) is 4.05. The molecule has 3 rings (SSSR count). The van der Waals surface area contributed by atoms with E-state index in [1.165, 1.54) is 11.3 Å². The van der Waals surface area contributed by atoms with Crippen molar-refractivity contribution in [3.05, 3.63) is 57.4 Å². The summed E-state index contributed by atoms with van der Waals surface area (Å²) in [6.07, 6.45) is 0. The van der Waals surface area contributed by atoms with Gasteiger partial charge in [-0.3, -0.25) is 9.59 Å². The van der Waals surface area contributed by atoms with Crippen LogP contribution in [0.5, 0.6) is 0 Å². The second kappa shape index (κ2) is 5.82. The molecule has 0 fully saturated rings. The highest BCUT2D eigenvalue weighted by Gasteiger charge is 2.31. The van der Waals surface area contributed by atoms with Gasteiger partial charge in [-0.15, -0.1) is 11.3 Å². The summed E-state index contributed by atoms with van der Waals surface area (Å²) in [7, 11) is 0. The summed E-state index contributed by atoms with van der Waals surface area (Å²) in [5, 5.41) is 10.1. The Bertz CT molecular complexity index is 959. The summed E-state index contributed by atoms with van der Waals surface area (Å²) in [6, 6.07) is 12.8. The van der Waals surface area contributed by atoms with Gasteiger partial charge in [0.05, 0.1) is 10.9 Å². The Hall–Kier alpha value is -2.71. The van der Waals surface area contributed by atoms with Gasteiger partial charge in [-0.1, -0.05) is 18.2 Å². The third-order valence-corrected chi connectivity index (χ3v) is 4.79. The van der Waals surface area contributed by atoms with Crippen LogP contribution in [-0.2, 0) is 0 Å². The van der Waals surface area contributed by atoms with Crippen LogP contribution >= 0.6 is 11.3 Å². The molecule has 0 radical (unpaired) electrons. The van der Waals surface area contributed by atoms with Crippen molar-refractivity contribution in [3.63, 3.8) is 0 Å². The average Bonchev–Trinajstić information content (AvgIpc) is 3.10. The lowest BCUT2D eigenvalue weighted by Crippen LogP contribution is -2.22. The Morgan fingerprint density at radius 2 is 1.87 bits per heavy atom. The van der Waals surface area contributed by atoms with Crippen LogP contribution in [0, 0.1) is 31.1 Å². The van der Waals surface area contributed by atoms with E-state index in [0.29, 0.717) is 16.1 Å². The van der Waals surface area contributed by atoms with Crippen LogP contribution in [0.2, 0.25) is 0 Å². The molecule has 1 atom stereocenters. The molecule has 23 heavy (non-hydrogen) atoms. The first-order valence-corrected chi connectivity index (χ1v) is 7.96. The first-order chi connectivity index (χ1) is 11.0. The highest BCUT2D eigenvalue weighted by atomic mass is 32.1. The highest BCUT2D eigenvalue weighted by molar-refractivity contribution is 7.14. The minimum atomic E-state index is -1.31. The van der Waals surface area contributed by atoms with Crippen LogP contribution in [0.25, 0.3) is 10.9 Å². The number of hydrogen-bond donors (Lipinski definition) is 1. The Morgan fingerprint density at radius 1 is 1.13 bits per heavy atom. The summed E-state index contributed by atoms with van der Waals surface area (Å²) in [4.78, 5) is 29.9. The fraction of sp³-hybridized carbons (Fsp3) is 0.167. The van der Waals surface area contributed by atoms with Crippen molar-refractivity contribution in [2.75, 3.05) is 0 Å². The zero-order valence-electron chi connectivity index (χ0n) is 12.7. The Labute approximate surface area is 137 Å². The zero-order valence-corrected chi connectivity index (χ0v) is 13.5. The molecule has 0 amide bonds. The van der Waals surface area contributed by atoms with Crippen LogP contribution in [0.1, 0.15) is 30.6 Å². The third kappa shape index (κ3) is 2.58. The number of nitrogens with zero attached hydrogens (tertiary/aromatic N) is 1. The maximum absolute atomic E-state index is 12.8. The van der Waals surface area contributed by atoms with Crippen LogP contribution in [0.3, 0.4) is 0 Å². The van der Waals surface area contributed by atoms with E-state index in [-0.39, 0.29) is 0 Å². The van der Waals surface area contributed by atoms with E-state index in [2.05, 4.69) is 4.98 Å². The van der Waals surface area contributed by atoms with Gasteiger partial charge in [0.25, 0.3) is 0 Å². The van der Waals surface area contributed by atoms with Crippen LogP contribution in [-0.4, -0.2) is 16.6 Å². The van der Waals surface area contributed by atoms with Gasteiger partial charge in [-0.2, -0.15) is 5.26 Å². The van der Waals surface area contributed by atoms with Crippen molar-refractivity contribution in [1.82, 2.24) is 4.98 Å². The number of aromatic nitrogens is 1. The second-order valence-corrected chi connectivity index (χ2v) is 6.66. The molecular weight excluding hydrogens is 308 g/mol. The first kappa shape index (κ1) is 15.2. The van der Waals surface area contributed by atoms with Crippen molar-refractivity contribution in [2.45, 2.75) is 13.8 Å². The molecular formula is C18H14N2O2S. The van der Waals surface area contributed by atoms with E-state index in [4.69, 9.17) is 0 Å². The van der Waals surface area contributed by atoms with Gasteiger partial charge in [0.2, 0.25) is 0 Å². The van der Waals surface area contributed by atoms with Crippen molar-refractivity contribution in [3.8, 4) is 6.07 Å². The van der Waals surface area contributed by atoms with Crippen molar-refractivity contribution in [1.29, 1.82) is 5.26 Å². The maximum atomic E-state index is 12.8. The summed E-state index contributed by atoms with van der Waals surface area (Å²) >= 11 is 1.30. The van der Waals surface area contributed by atoms with Crippen molar-refractivity contribution < 1.29 is 9.59 Å². The number of fused-ring (bicyclic) bond motifs is 1. The van der Waals surface area contributed by atoms with Gasteiger partial charge in [0.15, 0.2) is 17.5 Å². The van der Waals surface area contributed by atoms with Gasteiger partial charge in [0, 0.05) is 27.0 Å². The number of carbonyl (C=O) groups excluding carboxylic acids is 2. The standard InChI is InChI=1S/C18H14N2O2S/c1-10-7-8-15(23-10)17(21)13(9-19)18(22)16-11(2)20-14-6-4-3-5-12(14)16/h3-8,13,20H,1-2H3. The number of aromatic amines is 1. The fourth-order valence-corrected chi connectivity index (χ4v) is 3.52. The normalized spacial score (nSPS) is 12.0. The number of carbonyl (C=O) groups is 2. The van der Waals surface area contributed by atoms with Crippen LogP contribution in [0.4, 0.5) is 0 Å². The number of aryl methyl sites for hydroxylation is 2. The van der Waals surface area contributed by atoms with Gasteiger partial charge >= 0.3 is 0 Å². The zero-order chi connectivity index (χ0) is 16.6. The average molecular weight is 322 g/mol. The molecule has 1 N–H and O–H groups in total. The molecule has 2 heterocycles. The quantitative estimate of drug-likeness (QED) is 0.581. The number of ketones is 2. The van der Waals surface area contributed by atoms with E-state index in [9.17, 15) is 14.9 Å². The molecule has 2 aromatic heterocycles. The smallest absolute Gasteiger partial charge is 0.197 e. The predicted molar refractivity (Wildman–Crippen MR) is 89.9 cm³/mol. The second-order valence-electron chi connectivity index (χ2n) is 5.37. The number of para-hydroxylation sites is 1. The number of Topliss-reactive ketones (excluding diaryl/α,β-unsaturated/α-hetero) is 2. The molecule has 0 aliphatic heterocycles. The van der Waals surface area contributed by atoms with E-state index >= 15 is 0 Å². The van der Waals surface area contributed by atoms with Gasteiger partial charge in [-0.25, -0.2) is 0 Å². The van der Waals surface area contributed by atoms with E-state index in [1.807, 2.05) is 43.3 Å². The number of hydrogen-bond acceptors (Lipinski definition) is 4. The summed E-state index contributed by atoms with van der Waals surface area (Å²) in [6.45, 7) is 3.66. The molecule has 3 aromatic rings. The lowest BCUT2D eigenvalue weighted by molar-refractivity contribution is 0.0849. The van der Waals surface area contributed by atoms with Gasteiger partial charge in [0.1, 0.15) is 0 Å². The molecule has 5 heteroatoms. The number of nitriles is 1. The van der Waals surface area contributed by atoms with Crippen LogP contribution in [0.15, 0.2) is 36.4 Å². The number of thiophene rings is 1. The van der Waals surface area contributed by atoms with Gasteiger partial charge < -0.3 is 4.98 Å². The monoisotopic (exact) mass is 322 g/mol. The number of H-pyrrole nitrogens is 1. The third-order valence-electron chi connectivity index (χ3n) is 3.78. The first-order valence-electron chi connectivity index (χ1n) is 7.14. The fourth-order valence-electron chi connectivity index (χ4n) is 2.68. The minimum absolute atomic E-state index is 0.425. The summed E-state index contributed by atoms with van der Waals surface area (Å²) in [5.41, 5.74) is 1.92. The van der Waals surface area contributed by atoms with Gasteiger partial charge in [-0.05, 0) is 32.0 Å². The molecule has 1 unspecified atom stereocenters. The molecule has 1 aromatic carbocycles. The van der Waals surface area contributed by atoms with E-state index < -0.39 is 17.5 Å². The van der Waals surface area contributed by atoms with E-state index in [1.54, 1.807) is 13.0 Å². The van der Waals surface area contributed by atoms with Crippen molar-refractivity contribution in [2.24, 2.45) is 5.92 Å². The highest BCUT2D eigenvalue weighted by Crippen LogP contribution is 2.27. The van der Waals surface area contributed by atoms with Crippen LogP contribution < -0.4 is 0 Å². The lowest BCUT2D eigenvalue weighted by atomic mass is 9.92. The lowest BCUT2D eigenvalue weighted by Gasteiger charge is -2.06. The maximum Gasteiger partial charge on any atom is 0.197 e. The summed E-state index contributed by atoms with van der Waals surface area (Å²) in [5.74, 6) is -2.19. The molecule has 4 nitrogen and oxygen atoms in total. The SMILES string of the molecule is Cc1ccc(C(=O)C(C#N)C(=O)c2c(C)[nH]c3ccccc23)s1. The topological polar surface area (TPSA) is 73.7 Å². The Balaban J connectivity index is 2.05. The molecule has 114 valence electrons. The molecule has 0 aliphatic carbocycles. The molecule has 0 bridgehead atoms. The number of nitrogens with one attached hydrogen (secondary N) is 1. The molecule has 0 saturated heterocycles. The van der Waals surface area contributed by atoms with E-state index in [0.717, 1.165) is 15.8 Å². The number of rotatable bonds is 4. The Kier molecular flexibility index (Phi) is 3.85. The molecule has 0 aliphatic rings. The molecule has 0 spiro atoms. The largest absolute Gasteiger partial charge is 0.358 e.